The van der Waals surface area contributed by atoms with E-state index < -0.39 is 50.8 Å². The number of benzene rings is 2. The first-order chi connectivity index (χ1) is 23.2. The highest BCUT2D eigenvalue weighted by molar-refractivity contribution is 7.91. The van der Waals surface area contributed by atoms with Gasteiger partial charge >= 0.3 is 0 Å². The Morgan fingerprint density at radius 3 is 2.54 bits per heavy atom. The summed E-state index contributed by atoms with van der Waals surface area (Å²) in [5, 5.41) is 5.72. The number of ether oxygens (including phenoxy) is 1. The molecule has 3 aromatic rings. The maximum absolute atomic E-state index is 14.4. The molecule has 1 aromatic heterocycles. The first-order valence-corrected chi connectivity index (χ1v) is 18.3. The van der Waals surface area contributed by atoms with Crippen LogP contribution in [0.15, 0.2) is 72.9 Å². The van der Waals surface area contributed by atoms with E-state index in [2.05, 4.69) is 25.3 Å². The van der Waals surface area contributed by atoms with Gasteiger partial charge in [0.2, 0.25) is 27.7 Å². The van der Waals surface area contributed by atoms with E-state index >= 15 is 0 Å². The second-order valence-corrected chi connectivity index (χ2v) is 15.2. The highest BCUT2D eigenvalue weighted by Crippen LogP contribution is 2.46. The van der Waals surface area contributed by atoms with Gasteiger partial charge in [-0.25, -0.2) is 18.4 Å². The first kappa shape index (κ1) is 32.0. The number of carbonyl (C=O) groups excluding carboxylic acids is 3. The zero-order valence-electron chi connectivity index (χ0n) is 26.6. The Labute approximate surface area is 279 Å². The van der Waals surface area contributed by atoms with E-state index in [0.717, 1.165) is 31.4 Å². The SMILES string of the molecule is O=C1N[C@]2(C(=O)NS(=O)(=O)C3CC3)C[C@H]2/C=C\CCCCC[C@H](Nc2ccccc2)C(=O)N2C[C@H](Oc3cnc4ccccc4n3)C[C@@H]12. The minimum Gasteiger partial charge on any atom is -0.471 e. The quantitative estimate of drug-likeness (QED) is 0.320. The van der Waals surface area contributed by atoms with Crippen LogP contribution in [0.2, 0.25) is 0 Å². The van der Waals surface area contributed by atoms with E-state index in [0.29, 0.717) is 30.3 Å². The number of nitrogens with zero attached hydrogens (tertiary/aromatic N) is 3. The van der Waals surface area contributed by atoms with Gasteiger partial charge < -0.3 is 20.3 Å². The molecule has 1 saturated heterocycles. The first-order valence-electron chi connectivity index (χ1n) is 16.8. The van der Waals surface area contributed by atoms with Gasteiger partial charge in [0.25, 0.3) is 5.91 Å². The van der Waals surface area contributed by atoms with Crippen molar-refractivity contribution < 1.29 is 27.5 Å². The van der Waals surface area contributed by atoms with Crippen molar-refractivity contribution in [3.8, 4) is 5.88 Å². The van der Waals surface area contributed by atoms with Crippen LogP contribution in [0.4, 0.5) is 5.69 Å². The molecule has 7 rings (SSSR count). The number of nitrogens with one attached hydrogen (secondary N) is 3. The number of hydrogen-bond donors (Lipinski definition) is 3. The van der Waals surface area contributed by atoms with Crippen LogP contribution in [-0.2, 0) is 24.4 Å². The van der Waals surface area contributed by atoms with Crippen molar-refractivity contribution in [3.63, 3.8) is 0 Å². The second-order valence-electron chi connectivity index (χ2n) is 13.3. The summed E-state index contributed by atoms with van der Waals surface area (Å²) in [5.74, 6) is -1.59. The Bertz CT molecular complexity index is 1830. The molecule has 3 fully saturated rings. The van der Waals surface area contributed by atoms with Gasteiger partial charge in [-0.2, -0.15) is 0 Å². The normalized spacial score (nSPS) is 28.6. The van der Waals surface area contributed by atoms with Crippen LogP contribution in [0.3, 0.4) is 0 Å². The third-order valence-electron chi connectivity index (χ3n) is 9.67. The fourth-order valence-electron chi connectivity index (χ4n) is 6.75. The smallest absolute Gasteiger partial charge is 0.259 e. The van der Waals surface area contributed by atoms with Gasteiger partial charge in [-0.15, -0.1) is 0 Å². The summed E-state index contributed by atoms with van der Waals surface area (Å²) in [6, 6.07) is 15.3. The molecule has 3 amide bonds. The molecule has 12 nitrogen and oxygen atoms in total. The van der Waals surface area contributed by atoms with E-state index in [-0.39, 0.29) is 37.1 Å². The Kier molecular flexibility index (Phi) is 8.80. The number of sulfonamides is 1. The number of aromatic nitrogens is 2. The Morgan fingerprint density at radius 2 is 1.75 bits per heavy atom. The minimum absolute atomic E-state index is 0.122. The molecule has 0 bridgehead atoms. The van der Waals surface area contributed by atoms with E-state index in [1.807, 2.05) is 66.7 Å². The van der Waals surface area contributed by atoms with Crippen molar-refractivity contribution in [1.29, 1.82) is 0 Å². The van der Waals surface area contributed by atoms with Gasteiger partial charge in [-0.3, -0.25) is 19.1 Å². The molecule has 0 radical (unpaired) electrons. The second kappa shape index (κ2) is 13.2. The standard InChI is InChI=1S/C35H40N6O6S/c42-32-30-19-25(47-31-21-36-27-14-9-10-15-28(27)38-31)22-41(30)33(43)29(37-24-12-6-4-7-13-24)16-8-3-1-2-5-11-23-20-35(23,39-32)34(44)40-48(45,46)26-17-18-26/h4-7,9-15,21,23,25-26,29-30,37H,1-3,8,16-20,22H2,(H,39,42)(H,40,44)/b11-5-/t23-,25-,29+,30+,35-/m1/s1. The maximum atomic E-state index is 14.4. The predicted molar refractivity (Wildman–Crippen MR) is 179 cm³/mol. The lowest BCUT2D eigenvalue weighted by atomic mass is 10.0. The number of amides is 3. The molecule has 3 N–H and O–H groups in total. The molecule has 3 heterocycles. The third kappa shape index (κ3) is 6.87. The largest absolute Gasteiger partial charge is 0.471 e. The van der Waals surface area contributed by atoms with Gasteiger partial charge in [0.05, 0.1) is 29.0 Å². The van der Waals surface area contributed by atoms with Crippen molar-refractivity contribution in [3.05, 3.63) is 72.9 Å². The molecule has 13 heteroatoms. The Balaban J connectivity index is 1.18. The summed E-state index contributed by atoms with van der Waals surface area (Å²) >= 11 is 0. The summed E-state index contributed by atoms with van der Waals surface area (Å²) in [5.41, 5.74) is 0.748. The summed E-state index contributed by atoms with van der Waals surface area (Å²) in [6.07, 6.45) is 10.2. The molecule has 2 aliphatic carbocycles. The molecule has 0 spiro atoms. The number of carbonyl (C=O) groups is 3. The molecule has 2 aliphatic heterocycles. The third-order valence-corrected chi connectivity index (χ3v) is 11.5. The molecular formula is C35H40N6O6S. The number of fused-ring (bicyclic) bond motifs is 3. The number of para-hydroxylation sites is 3. The topological polar surface area (TPSA) is 160 Å². The molecule has 0 unspecified atom stereocenters. The average molecular weight is 673 g/mol. The van der Waals surface area contributed by atoms with Crippen LogP contribution in [0.1, 0.15) is 57.8 Å². The molecular weight excluding hydrogens is 632 g/mol. The van der Waals surface area contributed by atoms with Crippen LogP contribution in [-0.4, -0.2) is 76.5 Å². The van der Waals surface area contributed by atoms with Crippen molar-refractivity contribution in [2.24, 2.45) is 5.92 Å². The summed E-state index contributed by atoms with van der Waals surface area (Å²) in [6.45, 7) is 0.122. The Hall–Kier alpha value is -4.52. The summed E-state index contributed by atoms with van der Waals surface area (Å²) < 4.78 is 34.0. The van der Waals surface area contributed by atoms with E-state index in [9.17, 15) is 22.8 Å². The van der Waals surface area contributed by atoms with Crippen molar-refractivity contribution in [2.45, 2.75) is 86.8 Å². The van der Waals surface area contributed by atoms with Crippen LogP contribution >= 0.6 is 0 Å². The van der Waals surface area contributed by atoms with Gasteiger partial charge in [0.15, 0.2) is 0 Å². The number of allylic oxidation sites excluding steroid dienone is 1. The molecule has 5 atom stereocenters. The zero-order chi connectivity index (χ0) is 33.3. The highest BCUT2D eigenvalue weighted by Gasteiger charge is 2.62. The lowest BCUT2D eigenvalue weighted by Crippen LogP contribution is -2.57. The Morgan fingerprint density at radius 1 is 0.979 bits per heavy atom. The lowest BCUT2D eigenvalue weighted by Gasteiger charge is -2.30. The van der Waals surface area contributed by atoms with Crippen molar-refractivity contribution in [1.82, 2.24) is 24.9 Å². The summed E-state index contributed by atoms with van der Waals surface area (Å²) in [7, 11) is -3.83. The van der Waals surface area contributed by atoms with Gasteiger partial charge in [-0.05, 0) is 62.8 Å². The van der Waals surface area contributed by atoms with E-state index in [4.69, 9.17) is 4.74 Å². The van der Waals surface area contributed by atoms with Crippen molar-refractivity contribution >= 4 is 44.5 Å². The minimum atomic E-state index is -3.83. The van der Waals surface area contributed by atoms with Crippen LogP contribution in [0.25, 0.3) is 11.0 Å². The number of hydrogen-bond acceptors (Lipinski definition) is 9. The average Bonchev–Trinajstić information content (AvgIpc) is 4.01. The molecule has 2 aromatic carbocycles. The zero-order valence-corrected chi connectivity index (χ0v) is 27.4. The molecule has 2 saturated carbocycles. The van der Waals surface area contributed by atoms with Crippen LogP contribution in [0, 0.1) is 5.92 Å². The van der Waals surface area contributed by atoms with Crippen molar-refractivity contribution in [2.75, 3.05) is 11.9 Å². The fourth-order valence-corrected chi connectivity index (χ4v) is 8.11. The van der Waals surface area contributed by atoms with Crippen LogP contribution in [0.5, 0.6) is 5.88 Å². The fraction of sp³-hybridized carbons (Fsp3) is 0.457. The lowest BCUT2D eigenvalue weighted by molar-refractivity contribution is -0.140. The molecule has 4 aliphatic rings. The molecule has 48 heavy (non-hydrogen) atoms. The summed E-state index contributed by atoms with van der Waals surface area (Å²) in [4.78, 5) is 52.8. The van der Waals surface area contributed by atoms with E-state index in [1.54, 1.807) is 0 Å². The van der Waals surface area contributed by atoms with Gasteiger partial charge in [-0.1, -0.05) is 55.3 Å². The van der Waals surface area contributed by atoms with Crippen LogP contribution < -0.4 is 20.1 Å². The molecule has 252 valence electrons. The monoisotopic (exact) mass is 672 g/mol. The maximum Gasteiger partial charge on any atom is 0.259 e. The number of anilines is 1. The van der Waals surface area contributed by atoms with Gasteiger partial charge in [0.1, 0.15) is 23.7 Å². The highest BCUT2D eigenvalue weighted by atomic mass is 32.2. The van der Waals surface area contributed by atoms with E-state index in [1.165, 1.54) is 11.1 Å². The predicted octanol–water partition coefficient (Wildman–Crippen LogP) is 3.46. The number of rotatable bonds is 7. The van der Waals surface area contributed by atoms with Gasteiger partial charge in [0, 0.05) is 18.0 Å².